The number of hydrogen-bond donors (Lipinski definition) is 3. The first-order valence-electron chi connectivity index (χ1n) is 5.42. The molecule has 0 saturated heterocycles. The third kappa shape index (κ3) is 2.47. The molecule has 14 heavy (non-hydrogen) atoms. The van der Waals surface area contributed by atoms with Crippen LogP contribution in [0.25, 0.3) is 0 Å². The molecule has 1 aliphatic carbocycles. The molecule has 3 nitrogen and oxygen atoms in total. The van der Waals surface area contributed by atoms with E-state index in [1.54, 1.807) is 13.8 Å². The Hall–Kier alpha value is -0.120. The molecule has 1 aliphatic rings. The van der Waals surface area contributed by atoms with Gasteiger partial charge in [-0.15, -0.1) is 0 Å². The molecule has 0 bridgehead atoms. The second-order valence-electron chi connectivity index (χ2n) is 5.43. The van der Waals surface area contributed by atoms with Crippen LogP contribution in [-0.4, -0.2) is 33.5 Å². The molecule has 0 spiro atoms. The van der Waals surface area contributed by atoms with Gasteiger partial charge in [0.2, 0.25) is 0 Å². The molecule has 0 aromatic rings. The summed E-state index contributed by atoms with van der Waals surface area (Å²) in [5, 5.41) is 23.0. The molecule has 0 radical (unpaired) electrons. The molecule has 1 fully saturated rings. The molecule has 0 aromatic heterocycles. The van der Waals surface area contributed by atoms with Crippen LogP contribution in [0, 0.1) is 0 Å². The zero-order valence-electron chi connectivity index (χ0n) is 9.67. The van der Waals surface area contributed by atoms with Gasteiger partial charge in [0, 0.05) is 11.6 Å². The van der Waals surface area contributed by atoms with E-state index in [1.165, 1.54) is 0 Å². The van der Waals surface area contributed by atoms with Gasteiger partial charge in [0.25, 0.3) is 0 Å². The van der Waals surface area contributed by atoms with Gasteiger partial charge in [-0.2, -0.15) is 0 Å². The highest BCUT2D eigenvalue weighted by molar-refractivity contribution is 4.98. The second kappa shape index (κ2) is 3.80. The molecule has 1 saturated carbocycles. The molecule has 0 heterocycles. The predicted molar refractivity (Wildman–Crippen MR) is 57.2 cm³/mol. The van der Waals surface area contributed by atoms with Gasteiger partial charge in [-0.05, 0) is 47.0 Å². The van der Waals surface area contributed by atoms with E-state index in [1.807, 2.05) is 13.8 Å². The lowest BCUT2D eigenvalue weighted by Crippen LogP contribution is -2.60. The van der Waals surface area contributed by atoms with Crippen LogP contribution in [0.4, 0.5) is 0 Å². The molecular formula is C11H23NO2. The maximum absolute atomic E-state index is 9.95. The first-order chi connectivity index (χ1) is 6.24. The Kier molecular flexibility index (Phi) is 3.24. The van der Waals surface area contributed by atoms with Crippen molar-refractivity contribution in [3.63, 3.8) is 0 Å². The van der Waals surface area contributed by atoms with E-state index in [0.29, 0.717) is 0 Å². The summed E-state index contributed by atoms with van der Waals surface area (Å²) < 4.78 is 0. The Morgan fingerprint density at radius 3 is 2.07 bits per heavy atom. The third-order valence-electron chi connectivity index (χ3n) is 3.56. The highest BCUT2D eigenvalue weighted by Gasteiger charge is 2.39. The molecule has 2 atom stereocenters. The molecule has 0 aromatic carbocycles. The van der Waals surface area contributed by atoms with E-state index in [0.717, 1.165) is 19.3 Å². The number of aliphatic hydroxyl groups excluding tert-OH is 1. The van der Waals surface area contributed by atoms with Crippen molar-refractivity contribution >= 4 is 0 Å². The maximum Gasteiger partial charge on any atom is 0.0767 e. The van der Waals surface area contributed by atoms with E-state index >= 15 is 0 Å². The Bertz CT molecular complexity index is 196. The monoisotopic (exact) mass is 201 g/mol. The van der Waals surface area contributed by atoms with Crippen molar-refractivity contribution in [3.05, 3.63) is 0 Å². The van der Waals surface area contributed by atoms with Crippen molar-refractivity contribution in [2.45, 2.75) is 70.2 Å². The minimum Gasteiger partial charge on any atom is -0.392 e. The van der Waals surface area contributed by atoms with Gasteiger partial charge in [0.15, 0.2) is 0 Å². The number of rotatable bonds is 3. The first kappa shape index (κ1) is 12.0. The lowest BCUT2D eigenvalue weighted by molar-refractivity contribution is -0.0174. The fourth-order valence-electron chi connectivity index (χ4n) is 1.75. The summed E-state index contributed by atoms with van der Waals surface area (Å²) in [6.45, 7) is 7.53. The van der Waals surface area contributed by atoms with Gasteiger partial charge in [-0.3, -0.25) is 0 Å². The standard InChI is InChI=1S/C11H23NO2/c1-10(2,11(3,4)14)12-8-6-5-7-9(8)13/h8-9,12-14H,5-7H2,1-4H3. The molecule has 3 heteroatoms. The van der Waals surface area contributed by atoms with Crippen LogP contribution in [-0.2, 0) is 0 Å². The second-order valence-corrected chi connectivity index (χ2v) is 5.43. The predicted octanol–water partition coefficient (Wildman–Crippen LogP) is 1.04. The molecule has 0 amide bonds. The minimum absolute atomic E-state index is 0.136. The summed E-state index contributed by atoms with van der Waals surface area (Å²) in [5.74, 6) is 0. The topological polar surface area (TPSA) is 52.5 Å². The van der Waals surface area contributed by atoms with Crippen LogP contribution in [0.15, 0.2) is 0 Å². The number of nitrogens with one attached hydrogen (secondary N) is 1. The van der Waals surface area contributed by atoms with Gasteiger partial charge >= 0.3 is 0 Å². The fourth-order valence-corrected chi connectivity index (χ4v) is 1.75. The Morgan fingerprint density at radius 1 is 1.14 bits per heavy atom. The Morgan fingerprint density at radius 2 is 1.71 bits per heavy atom. The van der Waals surface area contributed by atoms with Crippen molar-refractivity contribution in [2.24, 2.45) is 0 Å². The van der Waals surface area contributed by atoms with Crippen LogP contribution in [0.5, 0.6) is 0 Å². The van der Waals surface area contributed by atoms with Crippen LogP contribution < -0.4 is 5.32 Å². The Balaban J connectivity index is 2.58. The van der Waals surface area contributed by atoms with Crippen molar-refractivity contribution < 1.29 is 10.2 Å². The summed E-state index contributed by atoms with van der Waals surface area (Å²) in [7, 11) is 0. The largest absolute Gasteiger partial charge is 0.392 e. The molecule has 1 rings (SSSR count). The summed E-state index contributed by atoms with van der Waals surface area (Å²) >= 11 is 0. The highest BCUT2D eigenvalue weighted by atomic mass is 16.3. The maximum atomic E-state index is 9.95. The normalized spacial score (nSPS) is 29.6. The van der Waals surface area contributed by atoms with Gasteiger partial charge in [-0.25, -0.2) is 0 Å². The van der Waals surface area contributed by atoms with E-state index in [-0.39, 0.29) is 17.7 Å². The van der Waals surface area contributed by atoms with E-state index in [4.69, 9.17) is 0 Å². The van der Waals surface area contributed by atoms with Crippen molar-refractivity contribution in [2.75, 3.05) is 0 Å². The van der Waals surface area contributed by atoms with Gasteiger partial charge in [0.1, 0.15) is 0 Å². The lowest BCUT2D eigenvalue weighted by atomic mass is 9.85. The third-order valence-corrected chi connectivity index (χ3v) is 3.56. The van der Waals surface area contributed by atoms with E-state index in [2.05, 4.69) is 5.32 Å². The van der Waals surface area contributed by atoms with Crippen molar-refractivity contribution in [1.29, 1.82) is 0 Å². The SMILES string of the molecule is CC(C)(O)C(C)(C)NC1CCCC1O. The van der Waals surface area contributed by atoms with Crippen LogP contribution >= 0.6 is 0 Å². The molecule has 0 aliphatic heterocycles. The molecule has 3 N–H and O–H groups in total. The zero-order valence-corrected chi connectivity index (χ0v) is 9.67. The number of hydrogen-bond acceptors (Lipinski definition) is 3. The Labute approximate surface area is 86.5 Å². The quantitative estimate of drug-likeness (QED) is 0.639. The average Bonchev–Trinajstić information content (AvgIpc) is 2.33. The van der Waals surface area contributed by atoms with Gasteiger partial charge < -0.3 is 15.5 Å². The first-order valence-corrected chi connectivity index (χ1v) is 5.42. The summed E-state index contributed by atoms with van der Waals surface area (Å²) in [6, 6.07) is 0.136. The smallest absolute Gasteiger partial charge is 0.0767 e. The minimum atomic E-state index is -0.782. The summed E-state index contributed by atoms with van der Waals surface area (Å²) in [4.78, 5) is 0. The van der Waals surface area contributed by atoms with Gasteiger partial charge in [0.05, 0.1) is 11.7 Å². The van der Waals surface area contributed by atoms with Crippen molar-refractivity contribution in [3.8, 4) is 0 Å². The van der Waals surface area contributed by atoms with Crippen LogP contribution in [0.2, 0.25) is 0 Å². The van der Waals surface area contributed by atoms with Gasteiger partial charge in [-0.1, -0.05) is 0 Å². The molecular weight excluding hydrogens is 178 g/mol. The van der Waals surface area contributed by atoms with E-state index in [9.17, 15) is 10.2 Å². The molecule has 2 unspecified atom stereocenters. The highest BCUT2D eigenvalue weighted by Crippen LogP contribution is 2.26. The van der Waals surface area contributed by atoms with Crippen LogP contribution in [0.3, 0.4) is 0 Å². The van der Waals surface area contributed by atoms with Crippen molar-refractivity contribution in [1.82, 2.24) is 5.32 Å². The van der Waals surface area contributed by atoms with Crippen LogP contribution in [0.1, 0.15) is 47.0 Å². The average molecular weight is 201 g/mol. The van der Waals surface area contributed by atoms with E-state index < -0.39 is 5.60 Å². The zero-order chi connectivity index (χ0) is 11.0. The fraction of sp³-hybridized carbons (Fsp3) is 1.00. The molecule has 84 valence electrons. The lowest BCUT2D eigenvalue weighted by Gasteiger charge is -2.41. The summed E-state index contributed by atoms with van der Waals surface area (Å²) in [5.41, 5.74) is -1.15. The summed E-state index contributed by atoms with van der Waals surface area (Å²) in [6.07, 6.45) is 2.69. The number of aliphatic hydroxyl groups is 2.